The molecule has 0 aliphatic heterocycles. The Morgan fingerprint density at radius 3 is 2.61 bits per heavy atom. The predicted molar refractivity (Wildman–Crippen MR) is 103 cm³/mol. The first kappa shape index (κ1) is 21.6. The Kier molecular flexibility index (Phi) is 10.5. The van der Waals surface area contributed by atoms with E-state index in [1.165, 1.54) is 0 Å². The lowest BCUT2D eigenvalue weighted by Gasteiger charge is -2.19. The zero-order chi connectivity index (χ0) is 16.4. The molecule has 0 saturated carbocycles. The lowest BCUT2D eigenvalue weighted by Crippen LogP contribution is -2.39. The number of aliphatic imine (C=N–C) groups is 1. The van der Waals surface area contributed by atoms with Crippen LogP contribution in [0, 0.1) is 0 Å². The molecule has 1 rings (SSSR count). The number of hydrogen-bond donors (Lipinski definition) is 2. The highest BCUT2D eigenvalue weighted by Gasteiger charge is 2.15. The monoisotopic (exact) mass is 434 g/mol. The number of hydrogen-bond acceptors (Lipinski definition) is 4. The number of nitrogens with zero attached hydrogens (tertiary/aromatic N) is 2. The molecule has 1 aromatic rings. The third-order valence-corrected chi connectivity index (χ3v) is 2.53. The summed E-state index contributed by atoms with van der Waals surface area (Å²) in [4.78, 5) is 20.2. The molecule has 0 atom stereocenters. The second-order valence-electron chi connectivity index (χ2n) is 5.78. The minimum absolute atomic E-state index is 0. The summed E-state index contributed by atoms with van der Waals surface area (Å²) in [7, 11) is 0. The average molecular weight is 434 g/mol. The van der Waals surface area contributed by atoms with E-state index in [2.05, 4.69) is 20.6 Å². The minimum Gasteiger partial charge on any atom is -0.459 e. The summed E-state index contributed by atoms with van der Waals surface area (Å²) < 4.78 is 5.23. The summed E-state index contributed by atoms with van der Waals surface area (Å²) in [6.45, 7) is 8.90. The van der Waals surface area contributed by atoms with Crippen molar-refractivity contribution in [3.63, 3.8) is 0 Å². The molecular weight excluding hydrogens is 407 g/mol. The molecule has 1 aromatic heterocycles. The van der Waals surface area contributed by atoms with E-state index in [9.17, 15) is 4.79 Å². The molecular formula is C16H27IN4O2. The largest absolute Gasteiger partial charge is 0.459 e. The van der Waals surface area contributed by atoms with Crippen molar-refractivity contribution in [2.24, 2.45) is 4.99 Å². The van der Waals surface area contributed by atoms with Crippen LogP contribution in [0.1, 0.15) is 33.4 Å². The van der Waals surface area contributed by atoms with Gasteiger partial charge in [-0.2, -0.15) is 0 Å². The third-order valence-electron chi connectivity index (χ3n) is 2.53. The first-order valence-corrected chi connectivity index (χ1v) is 7.54. The van der Waals surface area contributed by atoms with Gasteiger partial charge in [0.15, 0.2) is 5.96 Å². The van der Waals surface area contributed by atoms with Gasteiger partial charge >= 0.3 is 5.97 Å². The van der Waals surface area contributed by atoms with Gasteiger partial charge in [-0.05, 0) is 39.8 Å². The molecule has 0 aliphatic carbocycles. The summed E-state index contributed by atoms with van der Waals surface area (Å²) in [5, 5.41) is 6.28. The molecule has 1 heterocycles. The van der Waals surface area contributed by atoms with Crippen LogP contribution >= 0.6 is 24.0 Å². The van der Waals surface area contributed by atoms with E-state index in [0.717, 1.165) is 18.7 Å². The zero-order valence-electron chi connectivity index (χ0n) is 14.3. The van der Waals surface area contributed by atoms with E-state index in [1.807, 2.05) is 45.9 Å². The van der Waals surface area contributed by atoms with Crippen LogP contribution in [-0.2, 0) is 16.0 Å². The number of aromatic nitrogens is 1. The molecule has 7 heteroatoms. The topological polar surface area (TPSA) is 75.6 Å². The van der Waals surface area contributed by atoms with Crippen LogP contribution in [-0.4, -0.2) is 42.1 Å². The van der Waals surface area contributed by atoms with Crippen molar-refractivity contribution in [2.75, 3.05) is 19.6 Å². The Hall–Kier alpha value is -1.38. The van der Waals surface area contributed by atoms with Gasteiger partial charge in [0.05, 0.1) is 0 Å². The highest BCUT2D eigenvalue weighted by molar-refractivity contribution is 14.0. The molecule has 0 fully saturated rings. The number of ether oxygens (including phenoxy) is 1. The van der Waals surface area contributed by atoms with Gasteiger partial charge in [-0.15, -0.1) is 24.0 Å². The van der Waals surface area contributed by atoms with Crippen LogP contribution in [0.4, 0.5) is 0 Å². The van der Waals surface area contributed by atoms with Crippen molar-refractivity contribution in [1.29, 1.82) is 0 Å². The Morgan fingerprint density at radius 1 is 1.30 bits per heavy atom. The van der Waals surface area contributed by atoms with Gasteiger partial charge < -0.3 is 15.4 Å². The second-order valence-corrected chi connectivity index (χ2v) is 5.78. The maximum Gasteiger partial charge on any atom is 0.328 e. The highest BCUT2D eigenvalue weighted by Crippen LogP contribution is 2.06. The van der Waals surface area contributed by atoms with Gasteiger partial charge in [-0.3, -0.25) is 9.78 Å². The molecule has 0 bridgehead atoms. The molecule has 0 aliphatic rings. The molecule has 130 valence electrons. The van der Waals surface area contributed by atoms with Gasteiger partial charge in [-0.1, -0.05) is 6.07 Å². The minimum atomic E-state index is -0.489. The first-order chi connectivity index (χ1) is 10.4. The molecule has 6 nitrogen and oxygen atoms in total. The van der Waals surface area contributed by atoms with Crippen molar-refractivity contribution in [3.05, 3.63) is 30.1 Å². The zero-order valence-corrected chi connectivity index (χ0v) is 16.6. The average Bonchev–Trinajstić information content (AvgIpc) is 2.44. The Balaban J connectivity index is 0.00000484. The van der Waals surface area contributed by atoms with Crippen LogP contribution in [0.25, 0.3) is 0 Å². The predicted octanol–water partition coefficient (Wildman–Crippen LogP) is 2.14. The summed E-state index contributed by atoms with van der Waals surface area (Å²) >= 11 is 0. The van der Waals surface area contributed by atoms with Crippen LogP contribution in [0.5, 0.6) is 0 Å². The number of carbonyl (C=O) groups is 1. The van der Waals surface area contributed by atoms with E-state index in [1.54, 1.807) is 6.20 Å². The van der Waals surface area contributed by atoms with Crippen LogP contribution in [0.2, 0.25) is 0 Å². The van der Waals surface area contributed by atoms with Crippen LogP contribution in [0.15, 0.2) is 29.4 Å². The van der Waals surface area contributed by atoms with Crippen LogP contribution < -0.4 is 10.6 Å². The van der Waals surface area contributed by atoms with Crippen molar-refractivity contribution in [1.82, 2.24) is 15.6 Å². The van der Waals surface area contributed by atoms with Crippen molar-refractivity contribution in [2.45, 2.75) is 39.7 Å². The lowest BCUT2D eigenvalue weighted by molar-refractivity contribution is -0.152. The van der Waals surface area contributed by atoms with Crippen molar-refractivity contribution in [3.8, 4) is 0 Å². The summed E-state index contributed by atoms with van der Waals surface area (Å²) in [5.74, 6) is 0.263. The quantitative estimate of drug-likeness (QED) is 0.311. The van der Waals surface area contributed by atoms with Gasteiger partial charge in [-0.25, -0.2) is 4.99 Å². The highest BCUT2D eigenvalue weighted by atomic mass is 127. The van der Waals surface area contributed by atoms with Crippen molar-refractivity contribution < 1.29 is 9.53 Å². The number of nitrogens with one attached hydrogen (secondary N) is 2. The molecule has 0 aromatic carbocycles. The maximum absolute atomic E-state index is 11.7. The fraction of sp³-hybridized carbons (Fsp3) is 0.562. The summed E-state index contributed by atoms with van der Waals surface area (Å²) in [6, 6.07) is 5.83. The lowest BCUT2D eigenvalue weighted by atomic mass is 10.2. The summed E-state index contributed by atoms with van der Waals surface area (Å²) in [5.41, 5.74) is 0.523. The molecule has 23 heavy (non-hydrogen) atoms. The van der Waals surface area contributed by atoms with Gasteiger partial charge in [0.1, 0.15) is 12.1 Å². The fourth-order valence-electron chi connectivity index (χ4n) is 1.71. The van der Waals surface area contributed by atoms with Crippen LogP contribution in [0.3, 0.4) is 0 Å². The maximum atomic E-state index is 11.7. The number of halogens is 1. The standard InChI is InChI=1S/C16H26N4O2.HI/c1-5-17-15(20-12-14(21)22-16(2,3)4)19-11-9-13-8-6-7-10-18-13;/h6-8,10H,5,9,11-12H2,1-4H3,(H2,17,19,20);1H. The Labute approximate surface area is 155 Å². The summed E-state index contributed by atoms with van der Waals surface area (Å²) in [6.07, 6.45) is 2.56. The van der Waals surface area contributed by atoms with E-state index < -0.39 is 5.60 Å². The smallest absolute Gasteiger partial charge is 0.328 e. The van der Waals surface area contributed by atoms with Gasteiger partial charge in [0.25, 0.3) is 0 Å². The van der Waals surface area contributed by atoms with E-state index in [4.69, 9.17) is 4.74 Å². The Morgan fingerprint density at radius 2 is 2.04 bits per heavy atom. The van der Waals surface area contributed by atoms with Crippen molar-refractivity contribution >= 4 is 35.9 Å². The Bertz CT molecular complexity index is 487. The van der Waals surface area contributed by atoms with E-state index >= 15 is 0 Å². The number of rotatable bonds is 6. The number of esters is 1. The van der Waals surface area contributed by atoms with Gasteiger partial charge in [0.2, 0.25) is 0 Å². The molecule has 0 saturated heterocycles. The number of carbonyl (C=O) groups excluding carboxylic acids is 1. The fourth-order valence-corrected chi connectivity index (χ4v) is 1.71. The number of pyridine rings is 1. The normalized spacial score (nSPS) is 11.4. The SMILES string of the molecule is CCNC(=NCC(=O)OC(C)(C)C)NCCc1ccccn1.I. The van der Waals surface area contributed by atoms with Gasteiger partial charge in [0, 0.05) is 31.4 Å². The van der Waals surface area contributed by atoms with E-state index in [-0.39, 0.29) is 36.5 Å². The molecule has 0 radical (unpaired) electrons. The first-order valence-electron chi connectivity index (χ1n) is 7.54. The number of guanidine groups is 1. The second kappa shape index (κ2) is 11.2. The van der Waals surface area contributed by atoms with E-state index in [0.29, 0.717) is 12.5 Å². The molecule has 0 spiro atoms. The molecule has 0 amide bonds. The molecule has 2 N–H and O–H groups in total. The third kappa shape index (κ3) is 10.9. The molecule has 0 unspecified atom stereocenters.